The molecule has 0 amide bonds. The first kappa shape index (κ1) is 163. The van der Waals surface area contributed by atoms with Crippen LogP contribution in [0, 0.1) is 90.2 Å². The molecule has 0 aromatic heterocycles. The normalized spacial score (nSPS) is 12.6. The van der Waals surface area contributed by atoms with Crippen molar-refractivity contribution in [3.8, 4) is 0 Å². The van der Waals surface area contributed by atoms with E-state index in [1.807, 2.05) is 166 Å². The van der Waals surface area contributed by atoms with Crippen LogP contribution in [0.3, 0.4) is 0 Å². The highest BCUT2D eigenvalue weighted by molar-refractivity contribution is 5.79. The van der Waals surface area contributed by atoms with Gasteiger partial charge in [0.1, 0.15) is 42.7 Å². The first-order valence-electron chi connectivity index (χ1n) is 60.8. The van der Waals surface area contributed by atoms with Crippen LogP contribution >= 0.6 is 0 Å². The molecule has 0 radical (unpaired) electrons. The SMILES string of the molecule is CCC(C)(C)C(=O)OC(C(C)C)C(C)C.CCC(C)(C)C(=O)OC(CC(C)C)CC(C)C.CCC(C)(C)C(=O)OCC(F)(F)C(F)F.CCC(CC)C(OC(=O)C(C)(C)CC)C(CC)CC.CCCC(CCC)OC(=O)C(C)(C)CC.CCCCC(CC)COC(=O)C(C)(C)CC.CCCCC(CCCC)OC(=O)C(C)(C)CC.CCCCCC(CCCCC)OC(=O)C(C)(C)CC.CCCCCCC(CC)OC(=O)C(C)(C)CC. The summed E-state index contributed by atoms with van der Waals surface area (Å²) in [6.45, 7) is 98.8. The number of halogens is 4. The Balaban J connectivity index is -0.000000213. The van der Waals surface area contributed by atoms with Gasteiger partial charge in [0.05, 0.1) is 55.3 Å². The van der Waals surface area contributed by atoms with Crippen molar-refractivity contribution in [2.45, 2.75) is 670 Å². The second-order valence-electron chi connectivity index (χ2n) is 49.7. The molecule has 0 saturated heterocycles. The van der Waals surface area contributed by atoms with E-state index in [0.717, 1.165) is 186 Å². The van der Waals surface area contributed by atoms with Gasteiger partial charge in [0.15, 0.2) is 6.61 Å². The van der Waals surface area contributed by atoms with Crippen LogP contribution in [0.25, 0.3) is 0 Å². The number of carbonyl (C=O) groups excluding carboxylic acids is 9. The van der Waals surface area contributed by atoms with Crippen molar-refractivity contribution < 1.29 is 103 Å². The molecule has 0 aliphatic carbocycles. The molecule has 22 heteroatoms. The molecule has 0 aromatic carbocycles. The summed E-state index contributed by atoms with van der Waals surface area (Å²) in [5.41, 5.74) is -3.69. The maximum absolute atomic E-state index is 12.4. The van der Waals surface area contributed by atoms with E-state index in [-0.39, 0.29) is 134 Å². The highest BCUT2D eigenvalue weighted by Gasteiger charge is 2.44. The number of unbranched alkanes of at least 4 members (excludes halogenated alkanes) is 10. The average molecular weight is 2160 g/mol. The van der Waals surface area contributed by atoms with E-state index >= 15 is 0 Å². The van der Waals surface area contributed by atoms with Crippen molar-refractivity contribution in [3.05, 3.63) is 0 Å². The monoisotopic (exact) mass is 2150 g/mol. The molecule has 0 fully saturated rings. The van der Waals surface area contributed by atoms with Crippen LogP contribution in [-0.2, 0) is 85.8 Å². The van der Waals surface area contributed by atoms with Crippen LogP contribution in [0.4, 0.5) is 17.6 Å². The summed E-state index contributed by atoms with van der Waals surface area (Å²) in [6.07, 6.45) is 41.8. The number of hydrogen-bond acceptors (Lipinski definition) is 18. The quantitative estimate of drug-likeness (QED) is 0.0238. The van der Waals surface area contributed by atoms with Gasteiger partial charge in [0.25, 0.3) is 0 Å². The number of hydrogen-bond donors (Lipinski definition) is 0. The Morgan fingerprint density at radius 3 is 0.700 bits per heavy atom. The van der Waals surface area contributed by atoms with Crippen molar-refractivity contribution in [2.75, 3.05) is 13.2 Å². The zero-order valence-corrected chi connectivity index (χ0v) is 108. The Labute approximate surface area is 925 Å². The largest absolute Gasteiger partial charge is 0.465 e. The van der Waals surface area contributed by atoms with Gasteiger partial charge in [-0.3, -0.25) is 43.2 Å². The van der Waals surface area contributed by atoms with E-state index < -0.39 is 30.3 Å². The zero-order chi connectivity index (χ0) is 119. The minimum atomic E-state index is -4.28. The van der Waals surface area contributed by atoms with Gasteiger partial charge in [0.2, 0.25) is 0 Å². The number of esters is 9. The number of alkyl halides is 4. The Morgan fingerprint density at radius 1 is 0.227 bits per heavy atom. The molecule has 0 aliphatic heterocycles. The lowest BCUT2D eigenvalue weighted by Crippen LogP contribution is -2.38. The van der Waals surface area contributed by atoms with Crippen LogP contribution < -0.4 is 0 Å². The van der Waals surface area contributed by atoms with Gasteiger partial charge in [-0.05, 0) is 339 Å². The molecule has 2 atom stereocenters. The molecule has 0 spiro atoms. The third-order valence-corrected chi connectivity index (χ3v) is 30.4. The zero-order valence-electron chi connectivity index (χ0n) is 108. The predicted molar refractivity (Wildman–Crippen MR) is 625 cm³/mol. The van der Waals surface area contributed by atoms with Gasteiger partial charge >= 0.3 is 66.1 Å². The van der Waals surface area contributed by atoms with Crippen molar-refractivity contribution in [1.29, 1.82) is 0 Å². The summed E-state index contributed by atoms with van der Waals surface area (Å²) in [5.74, 6) is -2.11. The topological polar surface area (TPSA) is 237 Å². The van der Waals surface area contributed by atoms with Gasteiger partial charge in [-0.1, -0.05) is 317 Å². The third kappa shape index (κ3) is 79.0. The highest BCUT2D eigenvalue weighted by atomic mass is 19.3. The molecule has 0 saturated carbocycles. The Morgan fingerprint density at radius 2 is 0.453 bits per heavy atom. The van der Waals surface area contributed by atoms with E-state index in [9.17, 15) is 60.7 Å². The van der Waals surface area contributed by atoms with Crippen LogP contribution in [0.15, 0.2) is 0 Å². The molecule has 900 valence electrons. The summed E-state index contributed by atoms with van der Waals surface area (Å²) in [4.78, 5) is 107. The van der Waals surface area contributed by atoms with E-state index in [1.54, 1.807) is 6.92 Å². The first-order chi connectivity index (χ1) is 69.3. The van der Waals surface area contributed by atoms with Gasteiger partial charge in [-0.25, -0.2) is 8.78 Å². The van der Waals surface area contributed by atoms with Crippen LogP contribution in [0.5, 0.6) is 0 Å². The second kappa shape index (κ2) is 89.8. The molecule has 18 nitrogen and oxygen atoms in total. The molecular weight excluding hydrogens is 1900 g/mol. The highest BCUT2D eigenvalue weighted by Crippen LogP contribution is 2.36. The van der Waals surface area contributed by atoms with E-state index in [0.29, 0.717) is 54.5 Å². The summed E-state index contributed by atoms with van der Waals surface area (Å²) < 4.78 is 97.5. The fourth-order valence-electron chi connectivity index (χ4n) is 14.2. The summed E-state index contributed by atoms with van der Waals surface area (Å²) in [7, 11) is 0. The summed E-state index contributed by atoms with van der Waals surface area (Å²) in [5, 5.41) is 0. The predicted octanol–water partition coefficient (Wildman–Crippen LogP) is 39.2. The van der Waals surface area contributed by atoms with Crippen molar-refractivity contribution in [3.63, 3.8) is 0 Å². The average Bonchev–Trinajstić information content (AvgIpc) is 0.845. The molecule has 0 heterocycles. The van der Waals surface area contributed by atoms with Crippen molar-refractivity contribution >= 4 is 53.7 Å². The molecule has 0 rings (SSSR count). The van der Waals surface area contributed by atoms with Crippen LogP contribution in [-0.4, -0.2) is 122 Å². The number of rotatable bonds is 70. The van der Waals surface area contributed by atoms with Gasteiger partial charge in [-0.15, -0.1) is 0 Å². The lowest BCUT2D eigenvalue weighted by Gasteiger charge is -2.34. The fourth-order valence-corrected chi connectivity index (χ4v) is 14.2. The molecule has 2 unspecified atom stereocenters. The van der Waals surface area contributed by atoms with Crippen LogP contribution in [0.1, 0.15) is 615 Å². The van der Waals surface area contributed by atoms with Crippen molar-refractivity contribution in [2.24, 2.45) is 90.2 Å². The maximum atomic E-state index is 12.4. The fraction of sp³-hybridized carbons (Fsp3) is 0.930. The first-order valence-corrected chi connectivity index (χ1v) is 60.8. The molecular formula is C128H252F4O18. The summed E-state index contributed by atoms with van der Waals surface area (Å²) in [6, 6.07) is 0. The van der Waals surface area contributed by atoms with Gasteiger partial charge < -0.3 is 42.6 Å². The van der Waals surface area contributed by atoms with Crippen molar-refractivity contribution in [1.82, 2.24) is 0 Å². The van der Waals surface area contributed by atoms with E-state index in [2.05, 4.69) is 157 Å². The molecule has 0 N–H and O–H groups in total. The minimum Gasteiger partial charge on any atom is -0.465 e. The van der Waals surface area contributed by atoms with Gasteiger partial charge in [-0.2, -0.15) is 8.78 Å². The molecule has 0 bridgehead atoms. The lowest BCUT2D eigenvalue weighted by atomic mass is 9.83. The molecule has 0 aliphatic rings. The minimum absolute atomic E-state index is 0.0204. The Bertz CT molecular complexity index is 3250. The third-order valence-electron chi connectivity index (χ3n) is 30.4. The standard InChI is InChI=1S/2C17H34O2.3C15H30O2.C14H28O2.2C13H26O2.C9H14F4O2/c1-8-13(9-2)15(14(10-3)11-4)19-16(18)17(6,7)12-5;1-6-9-11-13-15(14-12-10-7-2)19-16(18)17(4,5)8-3;1-8-15(6,7)14(16)17-13(9-11(2)3)10-12(4)5;1-6-9-10-11-12-13(7-2)17-14(16)15(4,5)8-3;1-6-9-11-13(12-10-7-2)17-14(16)15(4,5)8-3;1-6-9-10-12(7-2)11-16-13(15)14(4,5)8-3;1-8-13(6,7)12(14)15-11(9(2)3)10(4)5;1-6-9-11(10-7-2)15-12(14)13(4,5)8-3;1-4-8(2,3)7(14)15-5-9(12,13)6(10)11/h13-15H,8-12H2,1-7H3;15H,6-14H2,1-5H3;11-13H,8-10H2,1-7H3;2*13H,6-12H2,1-5H3;12H,6-11H2,1-5H3;9-11H,8H2,1-7H3;11H,6-10H2,1-5H3;6H,4-5H2,1-3H3. The molecule has 0 aromatic rings. The van der Waals surface area contributed by atoms with E-state index in [1.165, 1.54) is 97.3 Å². The van der Waals surface area contributed by atoms with Gasteiger partial charge in [0, 0.05) is 0 Å². The summed E-state index contributed by atoms with van der Waals surface area (Å²) >= 11 is 0. The van der Waals surface area contributed by atoms with Crippen LogP contribution in [0.2, 0.25) is 0 Å². The Kier molecular flexibility index (Phi) is 97.3. The maximum Gasteiger partial charge on any atom is 0.340 e. The number of carbonyl (C=O) groups is 9. The smallest absolute Gasteiger partial charge is 0.340 e. The molecule has 150 heavy (non-hydrogen) atoms. The number of ether oxygens (including phenoxy) is 9. The van der Waals surface area contributed by atoms with E-state index in [4.69, 9.17) is 37.9 Å². The lowest BCUT2D eigenvalue weighted by molar-refractivity contribution is -0.186. The second-order valence-corrected chi connectivity index (χ2v) is 49.7. The Hall–Kier alpha value is -5.05.